The van der Waals surface area contributed by atoms with Gasteiger partial charge in [0.2, 0.25) is 5.91 Å². The first-order valence-electron chi connectivity index (χ1n) is 6.13. The molecule has 19 heavy (non-hydrogen) atoms. The maximum absolute atomic E-state index is 11.2. The summed E-state index contributed by atoms with van der Waals surface area (Å²) in [6, 6.07) is 4.08. The van der Waals surface area contributed by atoms with Crippen LogP contribution in [0.2, 0.25) is 0 Å². The number of rotatable bonds is 6. The number of nitrogens with zero attached hydrogens (tertiary/aromatic N) is 1. The molecule has 1 amide bonds. The Hall–Kier alpha value is -2.11. The molecule has 0 atom stereocenters. The molecule has 104 valence electrons. The van der Waals surface area contributed by atoms with Crippen molar-refractivity contribution in [3.05, 3.63) is 33.9 Å². The molecule has 0 aliphatic rings. The maximum atomic E-state index is 11.2. The van der Waals surface area contributed by atoms with Crippen LogP contribution in [0.4, 0.5) is 11.4 Å². The number of benzene rings is 1. The SMILES string of the molecule is CCCC(C)(C)Nc1cc(C(N)=O)ccc1[N+](=O)[O-]. The van der Waals surface area contributed by atoms with Gasteiger partial charge in [0.25, 0.3) is 5.69 Å². The maximum Gasteiger partial charge on any atom is 0.292 e. The van der Waals surface area contributed by atoms with Crippen molar-refractivity contribution in [2.24, 2.45) is 5.73 Å². The summed E-state index contributed by atoms with van der Waals surface area (Å²) in [4.78, 5) is 21.7. The highest BCUT2D eigenvalue weighted by Gasteiger charge is 2.22. The number of primary amides is 1. The number of nitro benzene ring substituents is 1. The van der Waals surface area contributed by atoms with Crippen LogP contribution in [0.5, 0.6) is 0 Å². The molecule has 0 unspecified atom stereocenters. The van der Waals surface area contributed by atoms with Crippen LogP contribution in [-0.4, -0.2) is 16.4 Å². The van der Waals surface area contributed by atoms with E-state index in [0.29, 0.717) is 5.69 Å². The van der Waals surface area contributed by atoms with Crippen LogP contribution in [0, 0.1) is 10.1 Å². The Morgan fingerprint density at radius 3 is 2.58 bits per heavy atom. The van der Waals surface area contributed by atoms with E-state index in [1.807, 2.05) is 20.8 Å². The second kappa shape index (κ2) is 5.69. The van der Waals surface area contributed by atoms with Gasteiger partial charge in [-0.2, -0.15) is 0 Å². The van der Waals surface area contributed by atoms with Crippen molar-refractivity contribution >= 4 is 17.3 Å². The predicted molar refractivity (Wildman–Crippen MR) is 74.2 cm³/mol. The quantitative estimate of drug-likeness (QED) is 0.610. The zero-order valence-corrected chi connectivity index (χ0v) is 11.4. The monoisotopic (exact) mass is 265 g/mol. The minimum Gasteiger partial charge on any atom is -0.375 e. The summed E-state index contributed by atoms with van der Waals surface area (Å²) in [6.45, 7) is 5.95. The highest BCUT2D eigenvalue weighted by molar-refractivity contribution is 5.94. The lowest BCUT2D eigenvalue weighted by Gasteiger charge is -2.27. The average molecular weight is 265 g/mol. The third kappa shape index (κ3) is 3.94. The Balaban J connectivity index is 3.18. The number of nitrogens with two attached hydrogens (primary N) is 1. The van der Waals surface area contributed by atoms with Gasteiger partial charge in [0.05, 0.1) is 4.92 Å². The molecule has 0 radical (unpaired) electrons. The van der Waals surface area contributed by atoms with Crippen LogP contribution >= 0.6 is 0 Å². The topological polar surface area (TPSA) is 98.3 Å². The Labute approximate surface area is 112 Å². The lowest BCUT2D eigenvalue weighted by Crippen LogP contribution is -2.31. The molecule has 1 aromatic carbocycles. The van der Waals surface area contributed by atoms with E-state index in [2.05, 4.69) is 5.32 Å². The van der Waals surface area contributed by atoms with Crippen molar-refractivity contribution in [2.75, 3.05) is 5.32 Å². The smallest absolute Gasteiger partial charge is 0.292 e. The Morgan fingerprint density at radius 2 is 2.11 bits per heavy atom. The molecular formula is C13H19N3O3. The lowest BCUT2D eigenvalue weighted by atomic mass is 9.98. The summed E-state index contributed by atoms with van der Waals surface area (Å²) >= 11 is 0. The second-order valence-electron chi connectivity index (χ2n) is 5.11. The van der Waals surface area contributed by atoms with Gasteiger partial charge in [-0.1, -0.05) is 13.3 Å². The fourth-order valence-electron chi connectivity index (χ4n) is 2.00. The van der Waals surface area contributed by atoms with E-state index in [1.54, 1.807) is 0 Å². The molecule has 0 spiro atoms. The van der Waals surface area contributed by atoms with E-state index >= 15 is 0 Å². The van der Waals surface area contributed by atoms with Gasteiger partial charge >= 0.3 is 0 Å². The summed E-state index contributed by atoms with van der Waals surface area (Å²) in [5.41, 5.74) is 5.41. The molecule has 0 heterocycles. The summed E-state index contributed by atoms with van der Waals surface area (Å²) in [5.74, 6) is -0.605. The van der Waals surface area contributed by atoms with Crippen molar-refractivity contribution in [3.63, 3.8) is 0 Å². The summed E-state index contributed by atoms with van der Waals surface area (Å²) in [5, 5.41) is 14.1. The summed E-state index contributed by atoms with van der Waals surface area (Å²) in [7, 11) is 0. The first-order valence-corrected chi connectivity index (χ1v) is 6.13. The molecule has 0 aromatic heterocycles. The van der Waals surface area contributed by atoms with Crippen LogP contribution in [0.1, 0.15) is 44.0 Å². The van der Waals surface area contributed by atoms with Crippen molar-refractivity contribution in [2.45, 2.75) is 39.2 Å². The molecule has 0 bridgehead atoms. The van der Waals surface area contributed by atoms with Gasteiger partial charge in [-0.05, 0) is 32.4 Å². The fraction of sp³-hybridized carbons (Fsp3) is 0.462. The number of anilines is 1. The zero-order valence-electron chi connectivity index (χ0n) is 11.4. The van der Waals surface area contributed by atoms with Gasteiger partial charge in [0.15, 0.2) is 0 Å². The van der Waals surface area contributed by atoms with E-state index in [0.717, 1.165) is 12.8 Å². The van der Waals surface area contributed by atoms with Gasteiger partial charge < -0.3 is 11.1 Å². The summed E-state index contributed by atoms with van der Waals surface area (Å²) in [6.07, 6.45) is 1.80. The number of amides is 1. The van der Waals surface area contributed by atoms with Crippen molar-refractivity contribution < 1.29 is 9.72 Å². The van der Waals surface area contributed by atoms with E-state index in [1.165, 1.54) is 18.2 Å². The minimum atomic E-state index is -0.605. The standard InChI is InChI=1S/C13H19N3O3/c1-4-7-13(2,3)15-10-8-9(12(14)17)5-6-11(10)16(18)19/h5-6,8,15H,4,7H2,1-3H3,(H2,14,17). The van der Waals surface area contributed by atoms with E-state index in [-0.39, 0.29) is 16.8 Å². The predicted octanol–water partition coefficient (Wildman–Crippen LogP) is 2.68. The second-order valence-corrected chi connectivity index (χ2v) is 5.11. The molecule has 6 heteroatoms. The number of nitrogens with one attached hydrogen (secondary N) is 1. The van der Waals surface area contributed by atoms with Crippen molar-refractivity contribution in [3.8, 4) is 0 Å². The third-order valence-corrected chi connectivity index (χ3v) is 2.83. The largest absolute Gasteiger partial charge is 0.375 e. The van der Waals surface area contributed by atoms with Crippen molar-refractivity contribution in [1.82, 2.24) is 0 Å². The van der Waals surface area contributed by atoms with Crippen LogP contribution in [0.25, 0.3) is 0 Å². The summed E-state index contributed by atoms with van der Waals surface area (Å²) < 4.78 is 0. The number of hydrogen-bond donors (Lipinski definition) is 2. The molecular weight excluding hydrogens is 246 g/mol. The number of hydrogen-bond acceptors (Lipinski definition) is 4. The lowest BCUT2D eigenvalue weighted by molar-refractivity contribution is -0.384. The molecule has 1 aromatic rings. The van der Waals surface area contributed by atoms with E-state index in [9.17, 15) is 14.9 Å². The molecule has 0 fully saturated rings. The molecule has 1 rings (SSSR count). The first-order chi connectivity index (χ1) is 8.76. The Kier molecular flexibility index (Phi) is 4.47. The normalized spacial score (nSPS) is 11.1. The highest BCUT2D eigenvalue weighted by atomic mass is 16.6. The molecule has 0 saturated heterocycles. The number of carbonyl (C=O) groups is 1. The first kappa shape index (κ1) is 14.9. The van der Waals surface area contributed by atoms with Crippen LogP contribution < -0.4 is 11.1 Å². The van der Waals surface area contributed by atoms with Gasteiger partial charge in [-0.3, -0.25) is 14.9 Å². The van der Waals surface area contributed by atoms with Crippen LogP contribution in [-0.2, 0) is 0 Å². The van der Waals surface area contributed by atoms with Crippen LogP contribution in [0.15, 0.2) is 18.2 Å². The molecule has 0 aliphatic carbocycles. The minimum absolute atomic E-state index is 0.0609. The fourth-order valence-corrected chi connectivity index (χ4v) is 2.00. The Morgan fingerprint density at radius 1 is 1.47 bits per heavy atom. The Bertz CT molecular complexity index is 498. The van der Waals surface area contributed by atoms with Gasteiger partial charge in [0.1, 0.15) is 5.69 Å². The third-order valence-electron chi connectivity index (χ3n) is 2.83. The number of nitro groups is 1. The van der Waals surface area contributed by atoms with E-state index < -0.39 is 10.8 Å². The zero-order chi connectivity index (χ0) is 14.6. The van der Waals surface area contributed by atoms with E-state index in [4.69, 9.17) is 5.73 Å². The number of carbonyl (C=O) groups excluding carboxylic acids is 1. The molecule has 0 saturated carbocycles. The molecule has 0 aliphatic heterocycles. The highest BCUT2D eigenvalue weighted by Crippen LogP contribution is 2.29. The molecule has 3 N–H and O–H groups in total. The average Bonchev–Trinajstić information content (AvgIpc) is 2.27. The van der Waals surface area contributed by atoms with Crippen molar-refractivity contribution in [1.29, 1.82) is 0 Å². The van der Waals surface area contributed by atoms with Gasteiger partial charge in [-0.25, -0.2) is 0 Å². The molecule has 6 nitrogen and oxygen atoms in total. The van der Waals surface area contributed by atoms with Crippen LogP contribution in [0.3, 0.4) is 0 Å². The van der Waals surface area contributed by atoms with Gasteiger partial charge in [-0.15, -0.1) is 0 Å². The van der Waals surface area contributed by atoms with Gasteiger partial charge in [0, 0.05) is 17.2 Å².